The largest absolute Gasteiger partial charge is 0.476 e. The van der Waals surface area contributed by atoms with Crippen LogP contribution in [0, 0.1) is 0 Å². The Kier molecular flexibility index (Phi) is 5.48. The first-order valence-corrected chi connectivity index (χ1v) is 7.24. The van der Waals surface area contributed by atoms with Crippen LogP contribution in [0.4, 0.5) is 5.82 Å². The monoisotopic (exact) mass is 292 g/mol. The molecule has 0 atom stereocenters. The van der Waals surface area contributed by atoms with Gasteiger partial charge in [-0.05, 0) is 19.3 Å². The first kappa shape index (κ1) is 15.2. The smallest absolute Gasteiger partial charge is 0.356 e. The summed E-state index contributed by atoms with van der Waals surface area (Å²) in [6.45, 7) is 2.27. The van der Waals surface area contributed by atoms with Gasteiger partial charge in [-0.2, -0.15) is 0 Å². The van der Waals surface area contributed by atoms with E-state index in [1.807, 2.05) is 4.90 Å². The molecular weight excluding hydrogens is 272 g/mol. The predicted octanol–water partition coefficient (Wildman–Crippen LogP) is 1.38. The fourth-order valence-corrected chi connectivity index (χ4v) is 2.29. The lowest BCUT2D eigenvalue weighted by Crippen LogP contribution is -2.32. The highest BCUT2D eigenvalue weighted by molar-refractivity contribution is 5.84. The topological polar surface area (TPSA) is 95.4 Å². The molecule has 7 heteroatoms. The van der Waals surface area contributed by atoms with Gasteiger partial charge in [0.25, 0.3) is 0 Å². The molecule has 1 aromatic rings. The van der Waals surface area contributed by atoms with Crippen molar-refractivity contribution in [3.05, 3.63) is 18.1 Å². The van der Waals surface area contributed by atoms with Crippen LogP contribution in [0.1, 0.15) is 42.6 Å². The second kappa shape index (κ2) is 7.56. The zero-order chi connectivity index (χ0) is 15.1. The number of carbonyl (C=O) groups is 2. The molecule has 21 heavy (non-hydrogen) atoms. The lowest BCUT2D eigenvalue weighted by Gasteiger charge is -2.20. The van der Waals surface area contributed by atoms with E-state index < -0.39 is 5.97 Å². The number of hydrogen-bond acceptors (Lipinski definition) is 5. The van der Waals surface area contributed by atoms with Gasteiger partial charge in [-0.25, -0.2) is 14.8 Å². The molecule has 1 fully saturated rings. The van der Waals surface area contributed by atoms with E-state index in [1.54, 1.807) is 0 Å². The lowest BCUT2D eigenvalue weighted by atomic mass is 10.2. The molecule has 0 radical (unpaired) electrons. The normalized spacial score (nSPS) is 15.6. The maximum Gasteiger partial charge on any atom is 0.356 e. The number of amides is 1. The summed E-state index contributed by atoms with van der Waals surface area (Å²) in [6.07, 6.45) is 7.33. The summed E-state index contributed by atoms with van der Waals surface area (Å²) in [7, 11) is 0. The van der Waals surface area contributed by atoms with E-state index >= 15 is 0 Å². The maximum absolute atomic E-state index is 11.8. The summed E-state index contributed by atoms with van der Waals surface area (Å²) in [5, 5.41) is 11.8. The maximum atomic E-state index is 11.8. The molecule has 2 rings (SSSR count). The fraction of sp³-hybridized carbons (Fsp3) is 0.571. The minimum atomic E-state index is -1.09. The molecule has 7 nitrogen and oxygen atoms in total. The van der Waals surface area contributed by atoms with Gasteiger partial charge in [0.15, 0.2) is 5.69 Å². The zero-order valence-electron chi connectivity index (χ0n) is 11.9. The number of aromatic carboxylic acids is 1. The van der Waals surface area contributed by atoms with E-state index in [9.17, 15) is 9.59 Å². The summed E-state index contributed by atoms with van der Waals surface area (Å²) in [4.78, 5) is 32.1. The number of anilines is 1. The van der Waals surface area contributed by atoms with Crippen LogP contribution in [0.2, 0.25) is 0 Å². The van der Waals surface area contributed by atoms with E-state index in [2.05, 4.69) is 15.3 Å². The molecule has 1 aliphatic heterocycles. The van der Waals surface area contributed by atoms with E-state index in [0.717, 1.165) is 38.8 Å². The summed E-state index contributed by atoms with van der Waals surface area (Å²) in [6, 6.07) is 0. The number of carboxylic acids is 1. The number of nitrogens with zero attached hydrogens (tertiary/aromatic N) is 3. The average molecular weight is 292 g/mol. The van der Waals surface area contributed by atoms with Crippen LogP contribution in [0.5, 0.6) is 0 Å². The van der Waals surface area contributed by atoms with Crippen molar-refractivity contribution in [1.82, 2.24) is 14.9 Å². The van der Waals surface area contributed by atoms with Gasteiger partial charge in [0, 0.05) is 26.1 Å². The Balaban J connectivity index is 1.71. The van der Waals surface area contributed by atoms with Crippen molar-refractivity contribution in [2.45, 2.75) is 32.1 Å². The minimum Gasteiger partial charge on any atom is -0.476 e. The fourth-order valence-electron chi connectivity index (χ4n) is 2.29. The third kappa shape index (κ3) is 4.70. The first-order chi connectivity index (χ1) is 10.2. The van der Waals surface area contributed by atoms with Crippen LogP contribution < -0.4 is 5.32 Å². The molecule has 1 aliphatic rings. The highest BCUT2D eigenvalue weighted by Gasteiger charge is 2.15. The van der Waals surface area contributed by atoms with Gasteiger partial charge < -0.3 is 15.3 Å². The molecule has 0 aliphatic carbocycles. The third-order valence-electron chi connectivity index (χ3n) is 3.45. The number of likely N-dealkylation sites (tertiary alicyclic amines) is 1. The van der Waals surface area contributed by atoms with Gasteiger partial charge in [0.05, 0.1) is 12.4 Å². The van der Waals surface area contributed by atoms with Crippen molar-refractivity contribution in [3.63, 3.8) is 0 Å². The van der Waals surface area contributed by atoms with Crippen molar-refractivity contribution >= 4 is 17.7 Å². The number of carbonyl (C=O) groups excluding carboxylic acids is 1. The van der Waals surface area contributed by atoms with Crippen LogP contribution >= 0.6 is 0 Å². The summed E-state index contributed by atoms with van der Waals surface area (Å²) in [5.74, 6) is -0.297. The molecule has 1 amide bonds. The van der Waals surface area contributed by atoms with E-state index in [1.165, 1.54) is 12.4 Å². The number of rotatable bonds is 6. The Labute approximate surface area is 123 Å². The molecule has 0 aromatic carbocycles. The molecule has 114 valence electrons. The molecular formula is C14H20N4O3. The standard InChI is InChI=1S/C14H20N4O3/c19-13-5-2-1-3-7-18(13)8-4-6-15-12-10-16-11(9-17-12)14(20)21/h9-10H,1-8H2,(H,15,17)(H,20,21). The Morgan fingerprint density at radius 3 is 2.86 bits per heavy atom. The van der Waals surface area contributed by atoms with Gasteiger partial charge in [0.2, 0.25) is 5.91 Å². The van der Waals surface area contributed by atoms with Crippen molar-refractivity contribution in [1.29, 1.82) is 0 Å². The summed E-state index contributed by atoms with van der Waals surface area (Å²) < 4.78 is 0. The van der Waals surface area contributed by atoms with E-state index in [4.69, 9.17) is 5.11 Å². The Hall–Kier alpha value is -2.18. The van der Waals surface area contributed by atoms with Crippen LogP contribution in [0.3, 0.4) is 0 Å². The molecule has 0 bridgehead atoms. The number of carboxylic acid groups (broad SMARTS) is 1. The van der Waals surface area contributed by atoms with Crippen LogP contribution in [-0.2, 0) is 4.79 Å². The van der Waals surface area contributed by atoms with Gasteiger partial charge in [-0.3, -0.25) is 4.79 Å². The first-order valence-electron chi connectivity index (χ1n) is 7.24. The predicted molar refractivity (Wildman–Crippen MR) is 77.1 cm³/mol. The van der Waals surface area contributed by atoms with Crippen LogP contribution in [0.15, 0.2) is 12.4 Å². The van der Waals surface area contributed by atoms with E-state index in [-0.39, 0.29) is 11.6 Å². The number of aromatic nitrogens is 2. The SMILES string of the molecule is O=C(O)c1cnc(NCCCN2CCCCCC2=O)cn1. The Morgan fingerprint density at radius 2 is 2.14 bits per heavy atom. The molecule has 2 N–H and O–H groups in total. The summed E-state index contributed by atoms with van der Waals surface area (Å²) in [5.41, 5.74) is -0.0734. The second-order valence-corrected chi connectivity index (χ2v) is 5.06. The third-order valence-corrected chi connectivity index (χ3v) is 3.45. The Bertz CT molecular complexity index is 489. The summed E-state index contributed by atoms with van der Waals surface area (Å²) >= 11 is 0. The quantitative estimate of drug-likeness (QED) is 0.769. The molecule has 0 spiro atoms. The highest BCUT2D eigenvalue weighted by atomic mass is 16.4. The highest BCUT2D eigenvalue weighted by Crippen LogP contribution is 2.11. The number of nitrogens with one attached hydrogen (secondary N) is 1. The minimum absolute atomic E-state index is 0.0734. The molecule has 1 aromatic heterocycles. The molecule has 0 unspecified atom stereocenters. The van der Waals surface area contributed by atoms with Crippen LogP contribution in [0.25, 0.3) is 0 Å². The van der Waals surface area contributed by atoms with Crippen molar-refractivity contribution < 1.29 is 14.7 Å². The number of hydrogen-bond donors (Lipinski definition) is 2. The lowest BCUT2D eigenvalue weighted by molar-refractivity contribution is -0.130. The van der Waals surface area contributed by atoms with Gasteiger partial charge in [0.1, 0.15) is 5.82 Å². The van der Waals surface area contributed by atoms with Gasteiger partial charge >= 0.3 is 5.97 Å². The molecule has 1 saturated heterocycles. The molecule has 2 heterocycles. The van der Waals surface area contributed by atoms with Crippen LogP contribution in [-0.4, -0.2) is 51.5 Å². The van der Waals surface area contributed by atoms with Gasteiger partial charge in [-0.1, -0.05) is 6.42 Å². The van der Waals surface area contributed by atoms with Gasteiger partial charge in [-0.15, -0.1) is 0 Å². The zero-order valence-corrected chi connectivity index (χ0v) is 11.9. The van der Waals surface area contributed by atoms with Crippen molar-refractivity contribution in [2.24, 2.45) is 0 Å². The van der Waals surface area contributed by atoms with Crippen molar-refractivity contribution in [2.75, 3.05) is 25.0 Å². The Morgan fingerprint density at radius 1 is 1.29 bits per heavy atom. The van der Waals surface area contributed by atoms with Crippen molar-refractivity contribution in [3.8, 4) is 0 Å². The molecule has 0 saturated carbocycles. The second-order valence-electron chi connectivity index (χ2n) is 5.06. The van der Waals surface area contributed by atoms with E-state index in [0.29, 0.717) is 18.8 Å². The average Bonchev–Trinajstić information content (AvgIpc) is 2.69.